The third kappa shape index (κ3) is 3.66. The first-order chi connectivity index (χ1) is 13.4. The van der Waals surface area contributed by atoms with Gasteiger partial charge in [0.2, 0.25) is 0 Å². The maximum absolute atomic E-state index is 5.04. The molecule has 2 aliphatic heterocycles. The van der Waals surface area contributed by atoms with Gasteiger partial charge in [0, 0.05) is 44.7 Å². The molecule has 0 amide bonds. The van der Waals surface area contributed by atoms with Crippen molar-refractivity contribution < 1.29 is 0 Å². The smallest absolute Gasteiger partial charge is 0.115 e. The van der Waals surface area contributed by atoms with Crippen LogP contribution in [0.5, 0.6) is 0 Å². The highest BCUT2D eigenvalue weighted by Gasteiger charge is 2.30. The molecule has 3 fully saturated rings. The summed E-state index contributed by atoms with van der Waals surface area (Å²) in [7, 11) is 0. The summed E-state index contributed by atoms with van der Waals surface area (Å²) in [6.07, 6.45) is 11.3. The number of hydrogen-bond acceptors (Lipinski definition) is 3. The van der Waals surface area contributed by atoms with E-state index in [-0.39, 0.29) is 0 Å². The van der Waals surface area contributed by atoms with Crippen molar-refractivity contribution in [3.8, 4) is 0 Å². The third-order valence-electron chi connectivity index (χ3n) is 7.18. The van der Waals surface area contributed by atoms with Crippen LogP contribution >= 0.6 is 0 Å². The number of hydrogen-bond donors (Lipinski definition) is 1. The zero-order valence-corrected chi connectivity index (χ0v) is 16.6. The van der Waals surface area contributed by atoms with Crippen molar-refractivity contribution in [2.75, 3.05) is 32.7 Å². The van der Waals surface area contributed by atoms with Crippen LogP contribution in [-0.4, -0.2) is 47.2 Å². The molecule has 3 aliphatic rings. The number of nitrogens with one attached hydrogen (secondary N) is 1. The molecule has 4 heteroatoms. The fourth-order valence-electron chi connectivity index (χ4n) is 5.48. The summed E-state index contributed by atoms with van der Waals surface area (Å²) in [6.45, 7) is 6.04. The molecule has 0 unspecified atom stereocenters. The van der Waals surface area contributed by atoms with E-state index in [1.165, 1.54) is 87.9 Å². The van der Waals surface area contributed by atoms with Crippen molar-refractivity contribution in [3.05, 3.63) is 30.1 Å². The van der Waals surface area contributed by atoms with Crippen LogP contribution in [0.25, 0.3) is 11.0 Å². The SMILES string of the molecule is c1ccc2c(c1)nc(C1CNC1)n2C1CCN(CC2CCCCCC2)CC1. The molecular weight excluding hydrogens is 332 g/mol. The van der Waals surface area contributed by atoms with Gasteiger partial charge in [-0.2, -0.15) is 0 Å². The first-order valence-electron chi connectivity index (χ1n) is 11.3. The first-order valence-corrected chi connectivity index (χ1v) is 11.3. The van der Waals surface area contributed by atoms with Crippen LogP contribution in [0.15, 0.2) is 24.3 Å². The molecule has 2 saturated heterocycles. The second-order valence-corrected chi connectivity index (χ2v) is 9.07. The third-order valence-corrected chi connectivity index (χ3v) is 7.18. The average molecular weight is 367 g/mol. The van der Waals surface area contributed by atoms with Gasteiger partial charge in [-0.3, -0.25) is 0 Å². The number of likely N-dealkylation sites (tertiary alicyclic amines) is 1. The Morgan fingerprint density at radius 1 is 0.926 bits per heavy atom. The fraction of sp³-hybridized carbons (Fsp3) is 0.696. The van der Waals surface area contributed by atoms with Crippen LogP contribution in [0.3, 0.4) is 0 Å². The molecule has 0 bridgehead atoms. The number of piperidine rings is 1. The van der Waals surface area contributed by atoms with E-state index in [4.69, 9.17) is 4.98 Å². The van der Waals surface area contributed by atoms with E-state index < -0.39 is 0 Å². The zero-order chi connectivity index (χ0) is 18.1. The topological polar surface area (TPSA) is 33.1 Å². The maximum atomic E-state index is 5.04. The van der Waals surface area contributed by atoms with Gasteiger partial charge in [0.25, 0.3) is 0 Å². The molecule has 5 rings (SSSR count). The summed E-state index contributed by atoms with van der Waals surface area (Å²) >= 11 is 0. The van der Waals surface area contributed by atoms with Gasteiger partial charge in [-0.05, 0) is 43.7 Å². The Balaban J connectivity index is 1.29. The van der Waals surface area contributed by atoms with E-state index in [9.17, 15) is 0 Å². The maximum Gasteiger partial charge on any atom is 0.115 e. The van der Waals surface area contributed by atoms with E-state index in [1.807, 2.05) is 0 Å². The minimum atomic E-state index is 0.599. The Kier molecular flexibility index (Phi) is 5.19. The van der Waals surface area contributed by atoms with Crippen LogP contribution in [0, 0.1) is 5.92 Å². The number of imidazole rings is 1. The minimum absolute atomic E-state index is 0.599. The molecule has 1 N–H and O–H groups in total. The standard InChI is InChI=1S/C23H34N4/c1-2-4-8-18(7-3-1)17-26-13-11-20(12-14-26)27-22-10-6-5-9-21(22)25-23(27)19-15-24-16-19/h5-6,9-10,18-20,24H,1-4,7-8,11-17H2. The normalized spacial score (nSPS) is 24.1. The second kappa shape index (κ2) is 7.92. The van der Waals surface area contributed by atoms with Crippen molar-refractivity contribution in [3.63, 3.8) is 0 Å². The number of fused-ring (bicyclic) bond motifs is 1. The lowest BCUT2D eigenvalue weighted by atomic mass is 9.96. The van der Waals surface area contributed by atoms with E-state index in [2.05, 4.69) is 39.0 Å². The lowest BCUT2D eigenvalue weighted by Crippen LogP contribution is -2.42. The van der Waals surface area contributed by atoms with Gasteiger partial charge in [0.15, 0.2) is 0 Å². The molecule has 27 heavy (non-hydrogen) atoms. The lowest BCUT2D eigenvalue weighted by molar-refractivity contribution is 0.156. The van der Waals surface area contributed by atoms with Crippen molar-refractivity contribution in [1.82, 2.24) is 19.8 Å². The fourth-order valence-corrected chi connectivity index (χ4v) is 5.48. The highest BCUT2D eigenvalue weighted by Crippen LogP contribution is 2.33. The quantitative estimate of drug-likeness (QED) is 0.818. The molecule has 1 aromatic heterocycles. The summed E-state index contributed by atoms with van der Waals surface area (Å²) in [6, 6.07) is 9.37. The number of nitrogens with zero attached hydrogens (tertiary/aromatic N) is 3. The average Bonchev–Trinajstić information content (AvgIpc) is 2.82. The second-order valence-electron chi connectivity index (χ2n) is 9.07. The molecule has 0 radical (unpaired) electrons. The number of benzene rings is 1. The van der Waals surface area contributed by atoms with Crippen LogP contribution in [0.4, 0.5) is 0 Å². The van der Waals surface area contributed by atoms with E-state index in [1.54, 1.807) is 0 Å². The molecule has 1 saturated carbocycles. The van der Waals surface area contributed by atoms with E-state index in [0.717, 1.165) is 19.0 Å². The minimum Gasteiger partial charge on any atom is -0.324 e. The lowest BCUT2D eigenvalue weighted by Gasteiger charge is -2.37. The molecule has 2 aromatic rings. The van der Waals surface area contributed by atoms with E-state index in [0.29, 0.717) is 12.0 Å². The van der Waals surface area contributed by atoms with Gasteiger partial charge in [0.1, 0.15) is 5.82 Å². The monoisotopic (exact) mass is 366 g/mol. The molecule has 3 heterocycles. The zero-order valence-electron chi connectivity index (χ0n) is 16.6. The molecule has 1 aromatic carbocycles. The molecule has 146 valence electrons. The Morgan fingerprint density at radius 2 is 1.67 bits per heavy atom. The number of aromatic nitrogens is 2. The predicted octanol–water partition coefficient (Wildman–Crippen LogP) is 4.33. The van der Waals surface area contributed by atoms with Gasteiger partial charge in [-0.25, -0.2) is 4.98 Å². The highest BCUT2D eigenvalue weighted by molar-refractivity contribution is 5.76. The van der Waals surface area contributed by atoms with Crippen molar-refractivity contribution in [1.29, 1.82) is 0 Å². The summed E-state index contributed by atoms with van der Waals surface area (Å²) in [5, 5.41) is 3.43. The largest absolute Gasteiger partial charge is 0.324 e. The van der Waals surface area contributed by atoms with Crippen molar-refractivity contribution in [2.45, 2.75) is 63.3 Å². The molecule has 4 nitrogen and oxygen atoms in total. The Bertz CT molecular complexity index is 747. The summed E-state index contributed by atoms with van der Waals surface area (Å²) < 4.78 is 2.61. The van der Waals surface area contributed by atoms with Gasteiger partial charge in [-0.15, -0.1) is 0 Å². The molecule has 0 atom stereocenters. The summed E-state index contributed by atoms with van der Waals surface area (Å²) in [4.78, 5) is 7.80. The molecular formula is C23H34N4. The van der Waals surface area contributed by atoms with Gasteiger partial charge >= 0.3 is 0 Å². The van der Waals surface area contributed by atoms with Crippen LogP contribution in [0.2, 0.25) is 0 Å². The van der Waals surface area contributed by atoms with Crippen LogP contribution in [-0.2, 0) is 0 Å². The van der Waals surface area contributed by atoms with Gasteiger partial charge in [0.05, 0.1) is 11.0 Å². The van der Waals surface area contributed by atoms with Gasteiger partial charge in [-0.1, -0.05) is 37.8 Å². The summed E-state index contributed by atoms with van der Waals surface area (Å²) in [5.41, 5.74) is 2.53. The number of para-hydroxylation sites is 2. The number of rotatable bonds is 4. The first kappa shape index (κ1) is 17.7. The van der Waals surface area contributed by atoms with Crippen molar-refractivity contribution in [2.24, 2.45) is 5.92 Å². The molecule has 1 aliphatic carbocycles. The van der Waals surface area contributed by atoms with Gasteiger partial charge < -0.3 is 14.8 Å². The van der Waals surface area contributed by atoms with Crippen LogP contribution in [0.1, 0.15) is 69.2 Å². The summed E-state index contributed by atoms with van der Waals surface area (Å²) in [5.74, 6) is 2.88. The Labute approximate surface area is 163 Å². The van der Waals surface area contributed by atoms with Crippen molar-refractivity contribution >= 4 is 11.0 Å². The van der Waals surface area contributed by atoms with E-state index >= 15 is 0 Å². The van der Waals surface area contributed by atoms with Crippen LogP contribution < -0.4 is 5.32 Å². The molecule has 0 spiro atoms. The predicted molar refractivity (Wildman–Crippen MR) is 111 cm³/mol. The highest BCUT2D eigenvalue weighted by atomic mass is 15.2. The Morgan fingerprint density at radius 3 is 2.37 bits per heavy atom. The Hall–Kier alpha value is -1.39.